The molecule has 0 bridgehead atoms. The lowest BCUT2D eigenvalue weighted by atomic mass is 10.2. The van der Waals surface area contributed by atoms with E-state index in [-0.39, 0.29) is 9.92 Å². The molecule has 0 amide bonds. The van der Waals surface area contributed by atoms with E-state index in [0.29, 0.717) is 37.8 Å². The summed E-state index contributed by atoms with van der Waals surface area (Å²) >= 11 is 13.5. The minimum absolute atomic E-state index is 0.155. The van der Waals surface area contributed by atoms with Crippen molar-refractivity contribution < 1.29 is 13.2 Å². The van der Waals surface area contributed by atoms with E-state index in [0.717, 1.165) is 22.1 Å². The number of halogens is 2. The summed E-state index contributed by atoms with van der Waals surface area (Å²) in [6, 6.07) is 12.2. The average Bonchev–Trinajstić information content (AvgIpc) is 3.27. The van der Waals surface area contributed by atoms with E-state index in [1.165, 1.54) is 22.5 Å². The van der Waals surface area contributed by atoms with Gasteiger partial charge in [-0.3, -0.25) is 0 Å². The van der Waals surface area contributed by atoms with Crippen molar-refractivity contribution in [1.82, 2.24) is 9.29 Å². The Morgan fingerprint density at radius 1 is 1.03 bits per heavy atom. The van der Waals surface area contributed by atoms with Crippen molar-refractivity contribution in [2.75, 3.05) is 37.7 Å². The third-order valence-electron chi connectivity index (χ3n) is 4.99. The van der Waals surface area contributed by atoms with Crippen LogP contribution in [0.3, 0.4) is 0 Å². The molecule has 0 spiro atoms. The maximum Gasteiger partial charge on any atom is 0.243 e. The molecule has 1 aromatic heterocycles. The van der Waals surface area contributed by atoms with E-state index in [9.17, 15) is 8.42 Å². The molecule has 164 valence electrons. The summed E-state index contributed by atoms with van der Waals surface area (Å²) in [7, 11) is -3.62. The van der Waals surface area contributed by atoms with E-state index in [1.54, 1.807) is 11.3 Å². The van der Waals surface area contributed by atoms with Crippen LogP contribution in [-0.2, 0) is 10.0 Å². The van der Waals surface area contributed by atoms with Gasteiger partial charge in [0.1, 0.15) is 5.75 Å². The van der Waals surface area contributed by atoms with Crippen LogP contribution in [0.1, 0.15) is 6.92 Å². The number of benzene rings is 2. The number of piperazine rings is 1. The van der Waals surface area contributed by atoms with Gasteiger partial charge in [-0.2, -0.15) is 4.31 Å². The zero-order chi connectivity index (χ0) is 22.0. The molecule has 1 saturated heterocycles. The van der Waals surface area contributed by atoms with Crippen molar-refractivity contribution >= 4 is 49.7 Å². The minimum Gasteiger partial charge on any atom is -0.494 e. The summed E-state index contributed by atoms with van der Waals surface area (Å²) in [5, 5.41) is 3.46. The fourth-order valence-corrected chi connectivity index (χ4v) is 6.04. The van der Waals surface area contributed by atoms with Gasteiger partial charge in [0.25, 0.3) is 0 Å². The average molecular weight is 498 g/mol. The van der Waals surface area contributed by atoms with Gasteiger partial charge < -0.3 is 9.64 Å². The zero-order valence-corrected chi connectivity index (χ0v) is 19.9. The van der Waals surface area contributed by atoms with Crippen molar-refractivity contribution in [3.8, 4) is 17.0 Å². The predicted octanol–water partition coefficient (Wildman–Crippen LogP) is 5.03. The smallest absolute Gasteiger partial charge is 0.243 e. The molecule has 0 radical (unpaired) electrons. The van der Waals surface area contributed by atoms with E-state index in [2.05, 4.69) is 4.90 Å². The molecule has 0 saturated carbocycles. The van der Waals surface area contributed by atoms with Gasteiger partial charge in [0.05, 0.1) is 27.2 Å². The number of anilines is 1. The molecule has 0 atom stereocenters. The molecule has 0 unspecified atom stereocenters. The SMILES string of the molecule is CCOc1ccc(-c2csc(N3CCN(S(=O)(=O)c4ccc(Cl)c(Cl)c4)CC3)n2)cc1. The third-order valence-corrected chi connectivity index (χ3v) is 8.53. The summed E-state index contributed by atoms with van der Waals surface area (Å²) in [6.45, 7) is 4.47. The number of nitrogens with zero attached hydrogens (tertiary/aromatic N) is 3. The third kappa shape index (κ3) is 4.83. The molecular weight excluding hydrogens is 477 g/mol. The van der Waals surface area contributed by atoms with Crippen molar-refractivity contribution in [3.63, 3.8) is 0 Å². The Bertz CT molecular complexity index is 1160. The van der Waals surface area contributed by atoms with Crippen LogP contribution >= 0.6 is 34.5 Å². The van der Waals surface area contributed by atoms with Gasteiger partial charge in [-0.25, -0.2) is 13.4 Å². The van der Waals surface area contributed by atoms with Crippen LogP contribution < -0.4 is 9.64 Å². The summed E-state index contributed by atoms with van der Waals surface area (Å²) in [6.07, 6.45) is 0. The zero-order valence-electron chi connectivity index (χ0n) is 16.8. The largest absolute Gasteiger partial charge is 0.494 e. The van der Waals surface area contributed by atoms with Crippen LogP contribution in [-0.4, -0.2) is 50.5 Å². The van der Waals surface area contributed by atoms with E-state index >= 15 is 0 Å². The van der Waals surface area contributed by atoms with Gasteiger partial charge in [0.15, 0.2) is 5.13 Å². The first-order valence-electron chi connectivity index (χ1n) is 9.77. The first-order chi connectivity index (χ1) is 14.9. The first kappa shape index (κ1) is 22.4. The molecule has 1 aliphatic rings. The highest BCUT2D eigenvalue weighted by molar-refractivity contribution is 7.89. The van der Waals surface area contributed by atoms with E-state index in [4.69, 9.17) is 32.9 Å². The van der Waals surface area contributed by atoms with Crippen LogP contribution in [0, 0.1) is 0 Å². The van der Waals surface area contributed by atoms with Crippen LogP contribution in [0.15, 0.2) is 52.7 Å². The predicted molar refractivity (Wildman–Crippen MR) is 126 cm³/mol. The summed E-state index contributed by atoms with van der Waals surface area (Å²) in [5.74, 6) is 0.834. The second kappa shape index (κ2) is 9.34. The van der Waals surface area contributed by atoms with Gasteiger partial charge in [-0.1, -0.05) is 23.2 Å². The highest BCUT2D eigenvalue weighted by atomic mass is 35.5. The molecule has 2 heterocycles. The quantitative estimate of drug-likeness (QED) is 0.477. The fourth-order valence-electron chi connectivity index (χ4n) is 3.34. The number of rotatable bonds is 6. The Morgan fingerprint density at radius 3 is 2.39 bits per heavy atom. The number of hydrogen-bond donors (Lipinski definition) is 0. The van der Waals surface area contributed by atoms with Crippen LogP contribution in [0.5, 0.6) is 5.75 Å². The second-order valence-corrected chi connectivity index (χ2v) is 10.5. The van der Waals surface area contributed by atoms with E-state index < -0.39 is 10.0 Å². The first-order valence-corrected chi connectivity index (χ1v) is 12.8. The van der Waals surface area contributed by atoms with Gasteiger partial charge >= 0.3 is 0 Å². The summed E-state index contributed by atoms with van der Waals surface area (Å²) in [5.41, 5.74) is 1.92. The van der Waals surface area contributed by atoms with Gasteiger partial charge in [-0.15, -0.1) is 11.3 Å². The Labute approximate surface area is 196 Å². The summed E-state index contributed by atoms with van der Waals surface area (Å²) in [4.78, 5) is 7.02. The lowest BCUT2D eigenvalue weighted by Gasteiger charge is -2.33. The summed E-state index contributed by atoms with van der Waals surface area (Å²) < 4.78 is 32.8. The molecule has 1 aliphatic heterocycles. The van der Waals surface area contributed by atoms with Crippen molar-refractivity contribution in [2.45, 2.75) is 11.8 Å². The van der Waals surface area contributed by atoms with Gasteiger partial charge in [0, 0.05) is 37.1 Å². The Hall–Kier alpha value is -1.84. The molecule has 1 fully saturated rings. The molecule has 2 aromatic carbocycles. The molecule has 0 aliphatic carbocycles. The van der Waals surface area contributed by atoms with Crippen LogP contribution in [0.25, 0.3) is 11.3 Å². The van der Waals surface area contributed by atoms with E-state index in [1.807, 2.05) is 36.6 Å². The molecule has 10 heteroatoms. The second-order valence-electron chi connectivity index (χ2n) is 6.94. The Balaban J connectivity index is 1.42. The Morgan fingerprint density at radius 2 is 1.74 bits per heavy atom. The fraction of sp³-hybridized carbons (Fsp3) is 0.286. The maximum atomic E-state index is 12.9. The lowest BCUT2D eigenvalue weighted by Crippen LogP contribution is -2.48. The highest BCUT2D eigenvalue weighted by Gasteiger charge is 2.29. The number of hydrogen-bond acceptors (Lipinski definition) is 6. The normalized spacial score (nSPS) is 15.3. The van der Waals surface area contributed by atoms with Crippen molar-refractivity contribution in [1.29, 1.82) is 0 Å². The molecule has 3 aromatic rings. The van der Waals surface area contributed by atoms with Gasteiger partial charge in [-0.05, 0) is 49.4 Å². The number of sulfonamides is 1. The van der Waals surface area contributed by atoms with Gasteiger partial charge in [0.2, 0.25) is 10.0 Å². The monoisotopic (exact) mass is 497 g/mol. The lowest BCUT2D eigenvalue weighted by molar-refractivity contribution is 0.340. The van der Waals surface area contributed by atoms with Crippen molar-refractivity contribution in [2.24, 2.45) is 0 Å². The van der Waals surface area contributed by atoms with Crippen LogP contribution in [0.4, 0.5) is 5.13 Å². The highest BCUT2D eigenvalue weighted by Crippen LogP contribution is 2.31. The molecule has 0 N–H and O–H groups in total. The number of aromatic nitrogens is 1. The minimum atomic E-state index is -3.62. The Kier molecular flexibility index (Phi) is 6.74. The standard InChI is InChI=1S/C21H21Cl2N3O3S2/c1-2-29-16-5-3-15(4-6-16)20-14-30-21(24-20)25-9-11-26(12-10-25)31(27,28)17-7-8-18(22)19(23)13-17/h3-8,13-14H,2,9-12H2,1H3. The van der Waals surface area contributed by atoms with Crippen LogP contribution in [0.2, 0.25) is 10.0 Å². The topological polar surface area (TPSA) is 62.7 Å². The molecular formula is C21H21Cl2N3O3S2. The van der Waals surface area contributed by atoms with Crippen molar-refractivity contribution in [3.05, 3.63) is 57.9 Å². The maximum absolute atomic E-state index is 12.9. The number of ether oxygens (including phenoxy) is 1. The molecule has 31 heavy (non-hydrogen) atoms. The number of thiazole rings is 1. The molecule has 4 rings (SSSR count). The molecule has 6 nitrogen and oxygen atoms in total.